The first-order valence-electron chi connectivity index (χ1n) is 3.08. The van der Waals surface area contributed by atoms with Crippen molar-refractivity contribution in [1.29, 1.82) is 0 Å². The molecule has 7 N–H and O–H groups in total. The van der Waals surface area contributed by atoms with E-state index in [1.54, 1.807) is 0 Å². The number of amides is 2. The largest absolute Gasteiger partial charge is 0.369 e. The average Bonchev–Trinajstić information content (AvgIpc) is 1.86. The summed E-state index contributed by atoms with van der Waals surface area (Å²) in [5.41, 5.74) is 14.8. The summed E-state index contributed by atoms with van der Waals surface area (Å²) in [5.74, 6) is -1.11. The van der Waals surface area contributed by atoms with Crippen molar-refractivity contribution in [3.8, 4) is 0 Å². The zero-order valence-corrected chi connectivity index (χ0v) is 6.04. The minimum atomic E-state index is -0.769. The standard InChI is InChI=1S/C5H12N4O2/c6-3(5(8)11)1-9-2-4(7)10/h3,9H,1-2,6H2,(H2,7,10)(H2,8,11). The minimum absolute atomic E-state index is 0.000972. The van der Waals surface area contributed by atoms with Crippen molar-refractivity contribution in [1.82, 2.24) is 5.32 Å². The van der Waals surface area contributed by atoms with Crippen LogP contribution < -0.4 is 22.5 Å². The lowest BCUT2D eigenvalue weighted by Gasteiger charge is -2.06. The molecule has 0 aromatic carbocycles. The SMILES string of the molecule is NC(=O)CNCC(N)C(N)=O. The van der Waals surface area contributed by atoms with Gasteiger partial charge in [-0.2, -0.15) is 0 Å². The van der Waals surface area contributed by atoms with Crippen LogP contribution in [0.3, 0.4) is 0 Å². The highest BCUT2D eigenvalue weighted by Gasteiger charge is 2.07. The smallest absolute Gasteiger partial charge is 0.235 e. The van der Waals surface area contributed by atoms with Crippen LogP contribution in [-0.2, 0) is 9.59 Å². The summed E-state index contributed by atoms with van der Waals surface area (Å²) in [4.78, 5) is 20.5. The Bertz CT molecular complexity index is 159. The number of hydrogen-bond donors (Lipinski definition) is 4. The Morgan fingerprint density at radius 1 is 1.36 bits per heavy atom. The van der Waals surface area contributed by atoms with E-state index < -0.39 is 17.9 Å². The van der Waals surface area contributed by atoms with Crippen LogP contribution >= 0.6 is 0 Å². The van der Waals surface area contributed by atoms with Crippen LogP contribution in [-0.4, -0.2) is 30.9 Å². The second-order valence-corrected chi connectivity index (χ2v) is 2.11. The Kier molecular flexibility index (Phi) is 4.16. The molecule has 11 heavy (non-hydrogen) atoms. The molecule has 0 aliphatic carbocycles. The highest BCUT2D eigenvalue weighted by Crippen LogP contribution is 1.71. The maximum atomic E-state index is 10.3. The molecule has 0 saturated carbocycles. The normalized spacial score (nSPS) is 12.5. The molecule has 0 saturated heterocycles. The van der Waals surface area contributed by atoms with Gasteiger partial charge in [-0.3, -0.25) is 9.59 Å². The first-order valence-corrected chi connectivity index (χ1v) is 3.08. The van der Waals surface area contributed by atoms with Gasteiger partial charge in [0, 0.05) is 6.54 Å². The summed E-state index contributed by atoms with van der Waals surface area (Å²) in [7, 11) is 0. The fourth-order valence-electron chi connectivity index (χ4n) is 0.451. The Morgan fingerprint density at radius 3 is 2.27 bits per heavy atom. The molecule has 1 atom stereocenters. The summed E-state index contributed by atoms with van der Waals surface area (Å²) < 4.78 is 0. The molecule has 0 aromatic heterocycles. The van der Waals surface area contributed by atoms with Crippen LogP contribution in [0.15, 0.2) is 0 Å². The van der Waals surface area contributed by atoms with Crippen molar-refractivity contribution in [3.63, 3.8) is 0 Å². The zero-order valence-electron chi connectivity index (χ0n) is 6.04. The van der Waals surface area contributed by atoms with Gasteiger partial charge in [0.05, 0.1) is 12.6 Å². The fraction of sp³-hybridized carbons (Fsp3) is 0.600. The van der Waals surface area contributed by atoms with Crippen molar-refractivity contribution >= 4 is 11.8 Å². The van der Waals surface area contributed by atoms with Gasteiger partial charge in [-0.15, -0.1) is 0 Å². The molecule has 0 aliphatic rings. The van der Waals surface area contributed by atoms with E-state index in [1.165, 1.54) is 0 Å². The molecule has 0 spiro atoms. The Labute approximate surface area is 64.1 Å². The van der Waals surface area contributed by atoms with Gasteiger partial charge >= 0.3 is 0 Å². The number of nitrogens with two attached hydrogens (primary N) is 3. The Hall–Kier alpha value is -1.14. The van der Waals surface area contributed by atoms with Gasteiger partial charge in [0.25, 0.3) is 0 Å². The van der Waals surface area contributed by atoms with Crippen LogP contribution in [0.4, 0.5) is 0 Å². The summed E-state index contributed by atoms with van der Waals surface area (Å²) in [6.45, 7) is 0.166. The quantitative estimate of drug-likeness (QED) is 0.339. The number of primary amides is 2. The molecule has 0 aliphatic heterocycles. The second-order valence-electron chi connectivity index (χ2n) is 2.11. The highest BCUT2D eigenvalue weighted by molar-refractivity contribution is 5.80. The molecule has 0 aromatic rings. The van der Waals surface area contributed by atoms with E-state index in [2.05, 4.69) is 5.32 Å². The van der Waals surface area contributed by atoms with Gasteiger partial charge in [-0.05, 0) is 0 Å². The summed E-state index contributed by atoms with van der Waals surface area (Å²) in [6.07, 6.45) is 0. The van der Waals surface area contributed by atoms with Crippen molar-refractivity contribution in [2.75, 3.05) is 13.1 Å². The van der Waals surface area contributed by atoms with Gasteiger partial charge < -0.3 is 22.5 Å². The van der Waals surface area contributed by atoms with Crippen LogP contribution in [0.1, 0.15) is 0 Å². The zero-order chi connectivity index (χ0) is 8.85. The van der Waals surface area contributed by atoms with E-state index in [1.807, 2.05) is 0 Å². The molecular weight excluding hydrogens is 148 g/mol. The molecule has 2 amide bonds. The first kappa shape index (κ1) is 9.86. The monoisotopic (exact) mass is 160 g/mol. The van der Waals surface area contributed by atoms with Crippen LogP contribution in [0, 0.1) is 0 Å². The van der Waals surface area contributed by atoms with Gasteiger partial charge in [0.15, 0.2) is 0 Å². The van der Waals surface area contributed by atoms with E-state index in [9.17, 15) is 9.59 Å². The predicted molar refractivity (Wildman–Crippen MR) is 39.2 cm³/mol. The Morgan fingerprint density at radius 2 is 1.91 bits per heavy atom. The fourth-order valence-corrected chi connectivity index (χ4v) is 0.451. The lowest BCUT2D eigenvalue weighted by molar-refractivity contribution is -0.120. The molecule has 64 valence electrons. The molecule has 0 rings (SSSR count). The highest BCUT2D eigenvalue weighted by atomic mass is 16.1. The van der Waals surface area contributed by atoms with Crippen molar-refractivity contribution in [2.24, 2.45) is 17.2 Å². The van der Waals surface area contributed by atoms with E-state index >= 15 is 0 Å². The molecule has 0 heterocycles. The molecule has 6 nitrogen and oxygen atoms in total. The van der Waals surface area contributed by atoms with Crippen molar-refractivity contribution in [3.05, 3.63) is 0 Å². The van der Waals surface area contributed by atoms with Gasteiger partial charge in [0.2, 0.25) is 11.8 Å². The predicted octanol–water partition coefficient (Wildman–Crippen LogP) is -3.13. The number of rotatable bonds is 5. The first-order chi connectivity index (χ1) is 5.04. The molecule has 0 radical (unpaired) electrons. The minimum Gasteiger partial charge on any atom is -0.369 e. The van der Waals surface area contributed by atoms with Crippen LogP contribution in [0.5, 0.6) is 0 Å². The molecule has 1 unspecified atom stereocenters. The van der Waals surface area contributed by atoms with Gasteiger partial charge in [0.1, 0.15) is 0 Å². The van der Waals surface area contributed by atoms with Crippen molar-refractivity contribution in [2.45, 2.75) is 6.04 Å². The number of hydrogen-bond acceptors (Lipinski definition) is 4. The van der Waals surface area contributed by atoms with E-state index in [0.29, 0.717) is 0 Å². The Balaban J connectivity index is 3.39. The van der Waals surface area contributed by atoms with E-state index in [-0.39, 0.29) is 13.1 Å². The van der Waals surface area contributed by atoms with E-state index in [4.69, 9.17) is 17.2 Å². The molecule has 6 heteroatoms. The third kappa shape index (κ3) is 5.31. The summed E-state index contributed by atoms with van der Waals surface area (Å²) >= 11 is 0. The maximum absolute atomic E-state index is 10.3. The molecule has 0 fully saturated rings. The number of carbonyl (C=O) groups excluding carboxylic acids is 2. The molecule has 0 bridgehead atoms. The third-order valence-electron chi connectivity index (χ3n) is 1.03. The molecular formula is C5H12N4O2. The van der Waals surface area contributed by atoms with Crippen LogP contribution in [0.2, 0.25) is 0 Å². The summed E-state index contributed by atoms with van der Waals surface area (Å²) in [6, 6.07) is -0.769. The topological polar surface area (TPSA) is 124 Å². The average molecular weight is 160 g/mol. The van der Waals surface area contributed by atoms with Gasteiger partial charge in [-0.1, -0.05) is 0 Å². The maximum Gasteiger partial charge on any atom is 0.235 e. The van der Waals surface area contributed by atoms with E-state index in [0.717, 1.165) is 0 Å². The number of carbonyl (C=O) groups is 2. The van der Waals surface area contributed by atoms with Gasteiger partial charge in [-0.25, -0.2) is 0 Å². The lowest BCUT2D eigenvalue weighted by atomic mass is 10.3. The third-order valence-corrected chi connectivity index (χ3v) is 1.03. The van der Waals surface area contributed by atoms with Crippen molar-refractivity contribution < 1.29 is 9.59 Å². The lowest BCUT2D eigenvalue weighted by Crippen LogP contribution is -2.45. The number of nitrogens with one attached hydrogen (secondary N) is 1. The second kappa shape index (κ2) is 4.64. The van der Waals surface area contributed by atoms with Crippen LogP contribution in [0.25, 0.3) is 0 Å². The summed E-state index contributed by atoms with van der Waals surface area (Å²) in [5, 5.41) is 2.57.